The number of carbonyl (C=O) groups is 2. The van der Waals surface area contributed by atoms with Gasteiger partial charge >= 0.3 is 6.03 Å². The van der Waals surface area contributed by atoms with Crippen molar-refractivity contribution in [3.8, 4) is 5.75 Å². The topological polar surface area (TPSA) is 121 Å². The van der Waals surface area contributed by atoms with Crippen LogP contribution in [0.5, 0.6) is 5.75 Å². The highest BCUT2D eigenvalue weighted by molar-refractivity contribution is 6.05. The molecule has 0 spiro atoms. The summed E-state index contributed by atoms with van der Waals surface area (Å²) in [4.78, 5) is 25.1. The molecule has 0 bridgehead atoms. The van der Waals surface area contributed by atoms with Gasteiger partial charge < -0.3 is 26.0 Å². The number of nitrogens with zero attached hydrogens (tertiary/aromatic N) is 2. The number of hydrogen-bond acceptors (Lipinski definition) is 6. The van der Waals surface area contributed by atoms with Crippen molar-refractivity contribution in [2.45, 2.75) is 12.5 Å². The van der Waals surface area contributed by atoms with Crippen LogP contribution in [0.1, 0.15) is 12.0 Å². The van der Waals surface area contributed by atoms with Gasteiger partial charge in [0, 0.05) is 39.1 Å². The Morgan fingerprint density at radius 1 is 1.27 bits per heavy atom. The number of nitrogens with two attached hydrogens (primary N) is 1. The van der Waals surface area contributed by atoms with Gasteiger partial charge in [0.15, 0.2) is 6.10 Å². The third-order valence-corrected chi connectivity index (χ3v) is 4.41. The van der Waals surface area contributed by atoms with E-state index in [9.17, 15) is 9.59 Å². The first-order valence-electron chi connectivity index (χ1n) is 8.72. The van der Waals surface area contributed by atoms with Crippen LogP contribution in [0.3, 0.4) is 0 Å². The molecule has 3 amide bonds. The maximum absolute atomic E-state index is 11.7. The van der Waals surface area contributed by atoms with E-state index in [0.29, 0.717) is 18.7 Å². The Bertz CT molecular complexity index is 670. The lowest BCUT2D eigenvalue weighted by Gasteiger charge is -2.28. The summed E-state index contributed by atoms with van der Waals surface area (Å²) >= 11 is 0. The molecule has 0 aromatic heterocycles. The molecule has 1 aromatic carbocycles. The lowest BCUT2D eigenvalue weighted by atomic mass is 10.1. The zero-order valence-corrected chi connectivity index (χ0v) is 14.5. The van der Waals surface area contributed by atoms with E-state index in [4.69, 9.17) is 10.5 Å². The van der Waals surface area contributed by atoms with Crippen molar-refractivity contribution in [1.29, 1.82) is 0 Å². The minimum absolute atomic E-state index is 0.317. The molecule has 2 heterocycles. The number of nitrogens with one attached hydrogen (secondary N) is 3. The summed E-state index contributed by atoms with van der Waals surface area (Å²) in [6.07, 6.45) is -0.108. The van der Waals surface area contributed by atoms with Gasteiger partial charge in [-0.05, 0) is 29.8 Å². The molecule has 2 aliphatic rings. The van der Waals surface area contributed by atoms with E-state index in [-0.39, 0.29) is 6.03 Å². The summed E-state index contributed by atoms with van der Waals surface area (Å²) in [5.74, 6) is 0.110. The first-order chi connectivity index (χ1) is 12.6. The van der Waals surface area contributed by atoms with Crippen LogP contribution < -0.4 is 26.5 Å². The minimum atomic E-state index is -0.663. The maximum atomic E-state index is 11.7. The van der Waals surface area contributed by atoms with Crippen LogP contribution in [-0.2, 0) is 4.79 Å². The highest BCUT2D eigenvalue weighted by atomic mass is 16.5. The maximum Gasteiger partial charge on any atom is 0.335 e. The smallest absolute Gasteiger partial charge is 0.335 e. The van der Waals surface area contributed by atoms with E-state index in [1.165, 1.54) is 0 Å². The molecule has 140 valence electrons. The summed E-state index contributed by atoms with van der Waals surface area (Å²) < 4.78 is 5.78. The van der Waals surface area contributed by atoms with Gasteiger partial charge in [0.05, 0.1) is 12.3 Å². The van der Waals surface area contributed by atoms with E-state index in [1.54, 1.807) is 12.1 Å². The Kier molecular flexibility index (Phi) is 6.03. The molecule has 2 aliphatic heterocycles. The molecular formula is C17H24N6O3. The number of urea groups is 1. The average molecular weight is 360 g/mol. The molecule has 0 aliphatic carbocycles. The van der Waals surface area contributed by atoms with Crippen molar-refractivity contribution >= 4 is 17.6 Å². The van der Waals surface area contributed by atoms with Crippen molar-refractivity contribution in [2.24, 2.45) is 10.8 Å². The first-order valence-corrected chi connectivity index (χ1v) is 8.72. The lowest BCUT2D eigenvalue weighted by Crippen LogP contribution is -2.45. The highest BCUT2D eigenvalue weighted by Gasteiger charge is 2.20. The van der Waals surface area contributed by atoms with E-state index in [1.807, 2.05) is 12.1 Å². The average Bonchev–Trinajstić information content (AvgIpc) is 2.67. The molecular weight excluding hydrogens is 336 g/mol. The number of piperazine rings is 1. The van der Waals surface area contributed by atoms with Crippen molar-refractivity contribution < 1.29 is 14.3 Å². The van der Waals surface area contributed by atoms with Crippen LogP contribution in [0.25, 0.3) is 0 Å². The van der Waals surface area contributed by atoms with Crippen molar-refractivity contribution in [3.05, 3.63) is 29.8 Å². The number of primary amides is 1. The number of amides is 3. The van der Waals surface area contributed by atoms with Gasteiger partial charge in [-0.2, -0.15) is 5.10 Å². The third-order valence-electron chi connectivity index (χ3n) is 4.41. The van der Waals surface area contributed by atoms with Crippen molar-refractivity contribution in [1.82, 2.24) is 21.0 Å². The predicted molar refractivity (Wildman–Crippen MR) is 97.1 cm³/mol. The Balaban J connectivity index is 1.56. The molecule has 1 saturated heterocycles. The number of hydrazone groups is 1. The van der Waals surface area contributed by atoms with Crippen LogP contribution in [0, 0.1) is 0 Å². The number of hydrogen-bond donors (Lipinski definition) is 4. The summed E-state index contributed by atoms with van der Waals surface area (Å²) in [7, 11) is 0. The summed E-state index contributed by atoms with van der Waals surface area (Å²) in [5.41, 5.74) is 9.46. The minimum Gasteiger partial charge on any atom is -0.481 e. The monoisotopic (exact) mass is 360 g/mol. The molecule has 9 nitrogen and oxygen atoms in total. The summed E-state index contributed by atoms with van der Waals surface area (Å²) in [6.45, 7) is 4.99. The zero-order chi connectivity index (χ0) is 18.4. The summed E-state index contributed by atoms with van der Waals surface area (Å²) in [5, 5.41) is 9.97. The van der Waals surface area contributed by atoms with Crippen LogP contribution in [0.4, 0.5) is 4.79 Å². The molecule has 5 N–H and O–H groups in total. The Morgan fingerprint density at radius 3 is 2.62 bits per heavy atom. The molecule has 26 heavy (non-hydrogen) atoms. The Hall–Kier alpha value is -2.65. The molecule has 0 saturated carbocycles. The van der Waals surface area contributed by atoms with E-state index >= 15 is 0 Å². The number of carbonyl (C=O) groups excluding carboxylic acids is 2. The second-order valence-electron chi connectivity index (χ2n) is 6.27. The van der Waals surface area contributed by atoms with Crippen LogP contribution in [0.15, 0.2) is 29.4 Å². The number of benzene rings is 1. The molecule has 1 unspecified atom stereocenters. The van der Waals surface area contributed by atoms with Gasteiger partial charge in [-0.3, -0.25) is 4.79 Å². The van der Waals surface area contributed by atoms with Gasteiger partial charge in [0.1, 0.15) is 5.75 Å². The zero-order valence-electron chi connectivity index (χ0n) is 14.5. The predicted octanol–water partition coefficient (Wildman–Crippen LogP) is -0.768. The SMILES string of the molecule is NC(=O)C(CCN1CCNCC1)Oc1ccc(C2=NNC(=O)NC2)cc1. The Labute approximate surface area is 151 Å². The molecule has 9 heteroatoms. The van der Waals surface area contributed by atoms with Crippen molar-refractivity contribution in [2.75, 3.05) is 39.3 Å². The first kappa shape index (κ1) is 18.2. The lowest BCUT2D eigenvalue weighted by molar-refractivity contribution is -0.125. The quantitative estimate of drug-likeness (QED) is 0.509. The van der Waals surface area contributed by atoms with E-state index < -0.39 is 12.0 Å². The molecule has 0 radical (unpaired) electrons. The summed E-state index contributed by atoms with van der Waals surface area (Å²) in [6, 6.07) is 6.90. The number of ether oxygens (including phenoxy) is 1. The van der Waals surface area contributed by atoms with E-state index in [0.717, 1.165) is 44.0 Å². The molecule has 1 aromatic rings. The fraction of sp³-hybridized carbons (Fsp3) is 0.471. The fourth-order valence-corrected chi connectivity index (χ4v) is 2.91. The second-order valence-corrected chi connectivity index (χ2v) is 6.27. The third kappa shape index (κ3) is 4.93. The Morgan fingerprint density at radius 2 is 2.00 bits per heavy atom. The van der Waals surface area contributed by atoms with Crippen molar-refractivity contribution in [3.63, 3.8) is 0 Å². The van der Waals surface area contributed by atoms with Gasteiger partial charge in [-0.25, -0.2) is 10.2 Å². The molecule has 1 fully saturated rings. The van der Waals surface area contributed by atoms with Gasteiger partial charge in [0.25, 0.3) is 5.91 Å². The highest BCUT2D eigenvalue weighted by Crippen LogP contribution is 2.16. The number of rotatable bonds is 7. The second kappa shape index (κ2) is 8.63. The fourth-order valence-electron chi connectivity index (χ4n) is 2.91. The van der Waals surface area contributed by atoms with Crippen LogP contribution in [-0.4, -0.2) is 67.9 Å². The molecule has 3 rings (SSSR count). The van der Waals surface area contributed by atoms with Crippen LogP contribution in [0.2, 0.25) is 0 Å². The van der Waals surface area contributed by atoms with Gasteiger partial charge in [0.2, 0.25) is 0 Å². The van der Waals surface area contributed by atoms with Gasteiger partial charge in [-0.15, -0.1) is 0 Å². The largest absolute Gasteiger partial charge is 0.481 e. The van der Waals surface area contributed by atoms with Crippen LogP contribution >= 0.6 is 0 Å². The standard InChI is InChI=1S/C17H24N6O3/c18-16(24)15(5-8-23-9-6-19-7-10-23)26-13-3-1-12(2-4-13)14-11-20-17(25)22-21-14/h1-4,15,19H,5-11H2,(H2,18,24)(H2,20,22,25). The van der Waals surface area contributed by atoms with Gasteiger partial charge in [-0.1, -0.05) is 0 Å². The van der Waals surface area contributed by atoms with E-state index in [2.05, 4.69) is 26.1 Å². The normalized spacial score (nSPS) is 19.1. The molecule has 1 atom stereocenters.